The summed E-state index contributed by atoms with van der Waals surface area (Å²) in [6.45, 7) is 3.56. The SMILES string of the molecule is CCNCc1cccc(NC(=O)CCC(=O)c2ccc(F)c(F)c2)c1.Cl. The van der Waals surface area contributed by atoms with E-state index in [0.717, 1.165) is 24.2 Å². The molecule has 0 atom stereocenters. The van der Waals surface area contributed by atoms with Gasteiger partial charge in [0, 0.05) is 30.6 Å². The molecule has 2 aromatic carbocycles. The zero-order valence-corrected chi connectivity index (χ0v) is 15.2. The number of hydrogen-bond donors (Lipinski definition) is 2. The Bertz CT molecular complexity index is 769. The van der Waals surface area contributed by atoms with E-state index in [4.69, 9.17) is 0 Å². The topological polar surface area (TPSA) is 58.2 Å². The van der Waals surface area contributed by atoms with Crippen LogP contribution in [0.3, 0.4) is 0 Å². The van der Waals surface area contributed by atoms with Gasteiger partial charge in [-0.05, 0) is 42.4 Å². The van der Waals surface area contributed by atoms with Crippen molar-refractivity contribution in [2.24, 2.45) is 0 Å². The predicted molar refractivity (Wildman–Crippen MR) is 99.6 cm³/mol. The molecular formula is C19H21ClF2N2O2. The highest BCUT2D eigenvalue weighted by atomic mass is 35.5. The Hall–Kier alpha value is -2.31. The molecule has 4 nitrogen and oxygen atoms in total. The molecule has 0 heterocycles. The highest BCUT2D eigenvalue weighted by molar-refractivity contribution is 6.00. The van der Waals surface area contributed by atoms with Gasteiger partial charge in [0.1, 0.15) is 0 Å². The average molecular weight is 383 g/mol. The molecule has 0 saturated carbocycles. The van der Waals surface area contributed by atoms with Crippen LogP contribution >= 0.6 is 12.4 Å². The lowest BCUT2D eigenvalue weighted by Gasteiger charge is -2.08. The molecular weight excluding hydrogens is 362 g/mol. The van der Waals surface area contributed by atoms with Crippen molar-refractivity contribution in [3.8, 4) is 0 Å². The van der Waals surface area contributed by atoms with Gasteiger partial charge in [-0.15, -0.1) is 12.4 Å². The van der Waals surface area contributed by atoms with E-state index < -0.39 is 17.4 Å². The molecule has 0 aliphatic rings. The van der Waals surface area contributed by atoms with Gasteiger partial charge in [-0.25, -0.2) is 8.78 Å². The molecule has 0 aliphatic heterocycles. The Morgan fingerprint density at radius 1 is 1.00 bits per heavy atom. The molecule has 0 fully saturated rings. The number of carbonyl (C=O) groups is 2. The fraction of sp³-hybridized carbons (Fsp3) is 0.263. The minimum atomic E-state index is -1.08. The average Bonchev–Trinajstić information content (AvgIpc) is 2.60. The summed E-state index contributed by atoms with van der Waals surface area (Å²) in [5.74, 6) is -2.80. The van der Waals surface area contributed by atoms with E-state index in [1.165, 1.54) is 6.07 Å². The molecule has 0 bridgehead atoms. The van der Waals surface area contributed by atoms with Gasteiger partial charge in [0.25, 0.3) is 0 Å². The first-order valence-electron chi connectivity index (χ1n) is 8.07. The van der Waals surface area contributed by atoms with Gasteiger partial charge in [-0.1, -0.05) is 19.1 Å². The fourth-order valence-corrected chi connectivity index (χ4v) is 2.29. The Kier molecular flexibility index (Phi) is 8.88. The number of anilines is 1. The quantitative estimate of drug-likeness (QED) is 0.676. The van der Waals surface area contributed by atoms with Crippen LogP contribution in [0, 0.1) is 11.6 Å². The van der Waals surface area contributed by atoms with E-state index >= 15 is 0 Å². The number of carbonyl (C=O) groups excluding carboxylic acids is 2. The summed E-state index contributed by atoms with van der Waals surface area (Å²) >= 11 is 0. The van der Waals surface area contributed by atoms with Crippen molar-refractivity contribution in [1.29, 1.82) is 0 Å². The lowest BCUT2D eigenvalue weighted by Crippen LogP contribution is -2.15. The van der Waals surface area contributed by atoms with Crippen molar-refractivity contribution in [3.05, 3.63) is 65.2 Å². The predicted octanol–water partition coefficient (Wildman–Crippen LogP) is 4.10. The third-order valence-corrected chi connectivity index (χ3v) is 3.61. The first kappa shape index (κ1) is 21.7. The summed E-state index contributed by atoms with van der Waals surface area (Å²) in [5, 5.41) is 5.93. The number of hydrogen-bond acceptors (Lipinski definition) is 3. The molecule has 1 amide bonds. The van der Waals surface area contributed by atoms with Crippen LogP contribution in [0.1, 0.15) is 35.7 Å². The number of rotatable bonds is 8. The largest absolute Gasteiger partial charge is 0.326 e. The maximum Gasteiger partial charge on any atom is 0.224 e. The number of nitrogens with one attached hydrogen (secondary N) is 2. The standard InChI is InChI=1S/C19H20F2N2O2.ClH/c1-2-22-12-13-4-3-5-15(10-13)23-19(25)9-8-18(24)14-6-7-16(20)17(21)11-14;/h3-7,10-11,22H,2,8-9,12H2,1H3,(H,23,25);1H. The Balaban J connectivity index is 0.00000338. The van der Waals surface area contributed by atoms with Gasteiger partial charge < -0.3 is 10.6 Å². The van der Waals surface area contributed by atoms with E-state index in [1.54, 1.807) is 6.07 Å². The van der Waals surface area contributed by atoms with Crippen LogP contribution in [0.15, 0.2) is 42.5 Å². The lowest BCUT2D eigenvalue weighted by atomic mass is 10.1. The Labute approximate surface area is 157 Å². The molecule has 7 heteroatoms. The van der Waals surface area contributed by atoms with Crippen LogP contribution in [-0.2, 0) is 11.3 Å². The van der Waals surface area contributed by atoms with Gasteiger partial charge >= 0.3 is 0 Å². The summed E-state index contributed by atoms with van der Waals surface area (Å²) in [7, 11) is 0. The van der Waals surface area contributed by atoms with Gasteiger partial charge in [-0.2, -0.15) is 0 Å². The number of Topliss-reactive ketones (excluding diaryl/α,β-unsaturated/α-hetero) is 1. The third kappa shape index (κ3) is 6.54. The third-order valence-electron chi connectivity index (χ3n) is 3.61. The van der Waals surface area contributed by atoms with Crippen LogP contribution in [0.4, 0.5) is 14.5 Å². The number of halogens is 3. The molecule has 0 aliphatic carbocycles. The van der Waals surface area contributed by atoms with Crippen molar-refractivity contribution in [2.75, 3.05) is 11.9 Å². The maximum atomic E-state index is 13.1. The molecule has 0 unspecified atom stereocenters. The minimum absolute atomic E-state index is 0. The monoisotopic (exact) mass is 382 g/mol. The molecule has 0 saturated heterocycles. The molecule has 140 valence electrons. The summed E-state index contributed by atoms with van der Waals surface area (Å²) in [4.78, 5) is 23.9. The van der Waals surface area contributed by atoms with Crippen molar-refractivity contribution in [3.63, 3.8) is 0 Å². The van der Waals surface area contributed by atoms with E-state index in [-0.39, 0.29) is 36.7 Å². The van der Waals surface area contributed by atoms with Crippen LogP contribution in [0.5, 0.6) is 0 Å². The Morgan fingerprint density at radius 3 is 2.46 bits per heavy atom. The van der Waals surface area contributed by atoms with Crippen LogP contribution in [0.25, 0.3) is 0 Å². The molecule has 2 rings (SSSR count). The summed E-state index contributed by atoms with van der Waals surface area (Å²) in [6, 6.07) is 10.4. The Morgan fingerprint density at radius 2 is 1.77 bits per heavy atom. The van der Waals surface area contributed by atoms with Crippen molar-refractivity contribution < 1.29 is 18.4 Å². The zero-order valence-electron chi connectivity index (χ0n) is 14.4. The van der Waals surface area contributed by atoms with Crippen molar-refractivity contribution >= 4 is 29.8 Å². The first-order chi connectivity index (χ1) is 12.0. The second-order valence-corrected chi connectivity index (χ2v) is 5.58. The molecule has 0 aromatic heterocycles. The molecule has 26 heavy (non-hydrogen) atoms. The zero-order chi connectivity index (χ0) is 18.2. The minimum Gasteiger partial charge on any atom is -0.326 e. The van der Waals surface area contributed by atoms with Crippen LogP contribution in [-0.4, -0.2) is 18.2 Å². The van der Waals surface area contributed by atoms with Gasteiger partial charge in [0.15, 0.2) is 17.4 Å². The highest BCUT2D eigenvalue weighted by Crippen LogP contribution is 2.14. The molecule has 2 aromatic rings. The van der Waals surface area contributed by atoms with Crippen molar-refractivity contribution in [2.45, 2.75) is 26.3 Å². The highest BCUT2D eigenvalue weighted by Gasteiger charge is 2.12. The van der Waals surface area contributed by atoms with E-state index in [1.807, 2.05) is 25.1 Å². The lowest BCUT2D eigenvalue weighted by molar-refractivity contribution is -0.116. The molecule has 0 radical (unpaired) electrons. The number of ketones is 1. The second-order valence-electron chi connectivity index (χ2n) is 5.58. The second kappa shape index (κ2) is 10.6. The van der Waals surface area contributed by atoms with E-state index in [2.05, 4.69) is 10.6 Å². The van der Waals surface area contributed by atoms with E-state index in [0.29, 0.717) is 12.2 Å². The maximum absolute atomic E-state index is 13.1. The van der Waals surface area contributed by atoms with Crippen LogP contribution < -0.4 is 10.6 Å². The normalized spacial score (nSPS) is 10.1. The van der Waals surface area contributed by atoms with Crippen molar-refractivity contribution in [1.82, 2.24) is 5.32 Å². The first-order valence-corrected chi connectivity index (χ1v) is 8.07. The number of benzene rings is 2. The van der Waals surface area contributed by atoms with Crippen LogP contribution in [0.2, 0.25) is 0 Å². The van der Waals surface area contributed by atoms with E-state index in [9.17, 15) is 18.4 Å². The number of amides is 1. The van der Waals surface area contributed by atoms with Gasteiger partial charge in [0.2, 0.25) is 5.91 Å². The smallest absolute Gasteiger partial charge is 0.224 e. The molecule has 2 N–H and O–H groups in total. The fourth-order valence-electron chi connectivity index (χ4n) is 2.29. The van der Waals surface area contributed by atoms with Gasteiger partial charge in [-0.3, -0.25) is 9.59 Å². The summed E-state index contributed by atoms with van der Waals surface area (Å²) in [6.07, 6.45) is -0.108. The summed E-state index contributed by atoms with van der Waals surface area (Å²) < 4.78 is 26.0. The summed E-state index contributed by atoms with van der Waals surface area (Å²) in [5.41, 5.74) is 1.75. The molecule has 0 spiro atoms. The van der Waals surface area contributed by atoms with Gasteiger partial charge in [0.05, 0.1) is 0 Å².